The summed E-state index contributed by atoms with van der Waals surface area (Å²) < 4.78 is 0. The van der Waals surface area contributed by atoms with Crippen LogP contribution in [-0.2, 0) is 6.42 Å². The quantitative estimate of drug-likeness (QED) is 0.579. The van der Waals surface area contributed by atoms with Crippen LogP contribution in [0.25, 0.3) is 0 Å². The average molecular weight is 138 g/mol. The first kappa shape index (κ1) is 6.93. The van der Waals surface area contributed by atoms with Crippen LogP contribution in [-0.4, -0.2) is 10.2 Å². The maximum Gasteiger partial charge on any atom is 0.119 e. The summed E-state index contributed by atoms with van der Waals surface area (Å²) in [5.74, 6) is 0.454. The predicted octanol–water partition coefficient (Wildman–Crippen LogP) is 1.66. The van der Waals surface area contributed by atoms with Gasteiger partial charge < -0.3 is 10.2 Å². The molecule has 10 heavy (non-hydrogen) atoms. The van der Waals surface area contributed by atoms with Crippen LogP contribution in [0.2, 0.25) is 0 Å². The number of aromatic hydroxyl groups is 2. The minimum atomic E-state index is 0.203. The first-order valence-corrected chi connectivity index (χ1v) is 3.25. The number of aryl methyl sites for hydroxylation is 1. The van der Waals surface area contributed by atoms with E-state index in [0.717, 1.165) is 12.0 Å². The molecule has 1 aromatic rings. The molecule has 0 heterocycles. The third kappa shape index (κ3) is 1.21. The van der Waals surface area contributed by atoms with Crippen molar-refractivity contribution >= 4 is 0 Å². The Morgan fingerprint density at radius 1 is 1.30 bits per heavy atom. The predicted molar refractivity (Wildman–Crippen MR) is 39.1 cm³/mol. The number of hydrogen-bond donors (Lipinski definition) is 2. The van der Waals surface area contributed by atoms with Gasteiger partial charge in [-0.25, -0.2) is 0 Å². The molecule has 1 rings (SSSR count). The minimum absolute atomic E-state index is 0.203. The number of benzene rings is 1. The molecule has 0 aliphatic heterocycles. The molecule has 0 saturated heterocycles. The zero-order chi connectivity index (χ0) is 7.56. The van der Waals surface area contributed by atoms with Crippen molar-refractivity contribution in [3.63, 3.8) is 0 Å². The van der Waals surface area contributed by atoms with Crippen LogP contribution in [0.1, 0.15) is 12.5 Å². The molecular formula is C8H10O2. The second-order valence-corrected chi connectivity index (χ2v) is 2.17. The molecule has 0 aromatic heterocycles. The smallest absolute Gasteiger partial charge is 0.119 e. The van der Waals surface area contributed by atoms with E-state index >= 15 is 0 Å². The lowest BCUT2D eigenvalue weighted by Gasteiger charge is -2.00. The Bertz CT molecular complexity index is 231. The molecule has 2 N–H and O–H groups in total. The highest BCUT2D eigenvalue weighted by atomic mass is 16.3. The van der Waals surface area contributed by atoms with Gasteiger partial charge in [-0.3, -0.25) is 0 Å². The van der Waals surface area contributed by atoms with E-state index in [2.05, 4.69) is 0 Å². The third-order valence-corrected chi connectivity index (χ3v) is 1.44. The lowest BCUT2D eigenvalue weighted by atomic mass is 10.1. The van der Waals surface area contributed by atoms with Crippen LogP contribution in [0.15, 0.2) is 18.2 Å². The molecule has 0 unspecified atom stereocenters. The third-order valence-electron chi connectivity index (χ3n) is 1.44. The van der Waals surface area contributed by atoms with E-state index in [0.29, 0.717) is 0 Å². The van der Waals surface area contributed by atoms with Gasteiger partial charge in [0, 0.05) is 0 Å². The molecule has 1 aromatic carbocycles. The van der Waals surface area contributed by atoms with Gasteiger partial charge in [0.2, 0.25) is 0 Å². The van der Waals surface area contributed by atoms with Crippen molar-refractivity contribution in [1.29, 1.82) is 0 Å². The van der Waals surface area contributed by atoms with E-state index in [-0.39, 0.29) is 11.5 Å². The van der Waals surface area contributed by atoms with E-state index in [1.807, 2.05) is 6.92 Å². The molecule has 0 aliphatic carbocycles. The van der Waals surface area contributed by atoms with Gasteiger partial charge in [0.1, 0.15) is 11.5 Å². The normalized spacial score (nSPS) is 9.70. The lowest BCUT2D eigenvalue weighted by Crippen LogP contribution is -1.79. The molecule has 0 bridgehead atoms. The Hall–Kier alpha value is -1.18. The molecule has 0 saturated carbocycles. The van der Waals surface area contributed by atoms with E-state index in [1.54, 1.807) is 6.07 Å². The largest absolute Gasteiger partial charge is 0.508 e. The second kappa shape index (κ2) is 2.60. The number of hydrogen-bond acceptors (Lipinski definition) is 2. The second-order valence-electron chi connectivity index (χ2n) is 2.17. The first-order valence-electron chi connectivity index (χ1n) is 3.25. The maximum absolute atomic E-state index is 9.12. The van der Waals surface area contributed by atoms with Gasteiger partial charge >= 0.3 is 0 Å². The Kier molecular flexibility index (Phi) is 1.81. The van der Waals surface area contributed by atoms with Crippen molar-refractivity contribution in [2.75, 3.05) is 0 Å². The Labute approximate surface area is 59.7 Å². The van der Waals surface area contributed by atoms with Crippen molar-refractivity contribution in [3.8, 4) is 11.5 Å². The molecule has 0 fully saturated rings. The minimum Gasteiger partial charge on any atom is -0.508 e. The topological polar surface area (TPSA) is 40.5 Å². The maximum atomic E-state index is 9.12. The summed E-state index contributed by atoms with van der Waals surface area (Å²) in [6.45, 7) is 1.93. The number of phenolic OH excluding ortho intramolecular Hbond substituents is 2. The molecule has 0 radical (unpaired) electrons. The zero-order valence-corrected chi connectivity index (χ0v) is 5.83. The summed E-state index contributed by atoms with van der Waals surface area (Å²) in [7, 11) is 0. The summed E-state index contributed by atoms with van der Waals surface area (Å²) in [6.07, 6.45) is 0.736. The fourth-order valence-corrected chi connectivity index (χ4v) is 0.855. The highest BCUT2D eigenvalue weighted by Gasteiger charge is 1.97. The van der Waals surface area contributed by atoms with Crippen molar-refractivity contribution in [2.45, 2.75) is 13.3 Å². The van der Waals surface area contributed by atoms with Crippen LogP contribution in [0.3, 0.4) is 0 Å². The zero-order valence-electron chi connectivity index (χ0n) is 5.83. The first-order chi connectivity index (χ1) is 4.74. The lowest BCUT2D eigenvalue weighted by molar-refractivity contribution is 0.455. The SMILES string of the molecule is CCc1cc(O)ccc1O. The summed E-state index contributed by atoms with van der Waals surface area (Å²) in [5, 5.41) is 18.1. The fourth-order valence-electron chi connectivity index (χ4n) is 0.855. The Morgan fingerprint density at radius 3 is 2.50 bits per heavy atom. The summed E-state index contributed by atoms with van der Waals surface area (Å²) in [5.41, 5.74) is 0.778. The number of phenols is 2. The van der Waals surface area contributed by atoms with Crippen molar-refractivity contribution in [2.24, 2.45) is 0 Å². The van der Waals surface area contributed by atoms with Crippen LogP contribution < -0.4 is 0 Å². The highest BCUT2D eigenvalue weighted by molar-refractivity contribution is 5.38. The van der Waals surface area contributed by atoms with E-state index in [9.17, 15) is 0 Å². The molecule has 54 valence electrons. The molecule has 2 heteroatoms. The van der Waals surface area contributed by atoms with Gasteiger partial charge in [-0.05, 0) is 30.2 Å². The monoisotopic (exact) mass is 138 g/mol. The highest BCUT2D eigenvalue weighted by Crippen LogP contribution is 2.21. The van der Waals surface area contributed by atoms with Crippen LogP contribution in [0, 0.1) is 0 Å². The van der Waals surface area contributed by atoms with Crippen molar-refractivity contribution < 1.29 is 10.2 Å². The van der Waals surface area contributed by atoms with Gasteiger partial charge in [0.05, 0.1) is 0 Å². The van der Waals surface area contributed by atoms with Crippen molar-refractivity contribution in [1.82, 2.24) is 0 Å². The van der Waals surface area contributed by atoms with Gasteiger partial charge in [0.25, 0.3) is 0 Å². The molecule has 0 amide bonds. The standard InChI is InChI=1S/C8H10O2/c1-2-6-5-7(9)3-4-8(6)10/h3-5,9-10H,2H2,1H3. The molecule has 0 aliphatic rings. The summed E-state index contributed by atoms with van der Waals surface area (Å²) in [4.78, 5) is 0. The van der Waals surface area contributed by atoms with E-state index in [1.165, 1.54) is 12.1 Å². The van der Waals surface area contributed by atoms with Gasteiger partial charge in [-0.15, -0.1) is 0 Å². The van der Waals surface area contributed by atoms with Crippen LogP contribution >= 0.6 is 0 Å². The molecular weight excluding hydrogens is 128 g/mol. The Morgan fingerprint density at radius 2 is 2.00 bits per heavy atom. The molecule has 2 nitrogen and oxygen atoms in total. The van der Waals surface area contributed by atoms with Gasteiger partial charge in [0.15, 0.2) is 0 Å². The van der Waals surface area contributed by atoms with E-state index in [4.69, 9.17) is 10.2 Å². The molecule has 0 atom stereocenters. The van der Waals surface area contributed by atoms with E-state index < -0.39 is 0 Å². The number of rotatable bonds is 1. The van der Waals surface area contributed by atoms with Crippen LogP contribution in [0.5, 0.6) is 11.5 Å². The molecule has 0 spiro atoms. The van der Waals surface area contributed by atoms with Crippen molar-refractivity contribution in [3.05, 3.63) is 23.8 Å². The summed E-state index contributed by atoms with van der Waals surface area (Å²) in [6, 6.07) is 4.53. The fraction of sp³-hybridized carbons (Fsp3) is 0.250. The Balaban J connectivity index is 3.09. The summed E-state index contributed by atoms with van der Waals surface area (Å²) >= 11 is 0. The van der Waals surface area contributed by atoms with Gasteiger partial charge in [-0.2, -0.15) is 0 Å². The van der Waals surface area contributed by atoms with Crippen LogP contribution in [0.4, 0.5) is 0 Å². The average Bonchev–Trinajstić information content (AvgIpc) is 1.94. The van der Waals surface area contributed by atoms with Gasteiger partial charge in [-0.1, -0.05) is 6.92 Å².